The second-order valence-electron chi connectivity index (χ2n) is 4.06. The molecule has 2 rings (SSSR count). The molecular weight excluding hydrogens is 188 g/mol. The number of nitrogens with two attached hydrogens (primary N) is 1. The Morgan fingerprint density at radius 2 is 2.13 bits per heavy atom. The van der Waals surface area contributed by atoms with E-state index in [0.29, 0.717) is 6.54 Å². The molecule has 1 aromatic rings. The van der Waals surface area contributed by atoms with E-state index >= 15 is 0 Å². The lowest BCUT2D eigenvalue weighted by Crippen LogP contribution is -2.28. The van der Waals surface area contributed by atoms with Crippen LogP contribution in [0, 0.1) is 0 Å². The fourth-order valence-corrected chi connectivity index (χ4v) is 1.78. The lowest BCUT2D eigenvalue weighted by atomic mass is 9.98. The first-order valence-electron chi connectivity index (χ1n) is 5.34. The van der Waals surface area contributed by atoms with Crippen molar-refractivity contribution in [2.45, 2.75) is 25.3 Å². The van der Waals surface area contributed by atoms with E-state index in [-0.39, 0.29) is 11.4 Å². The monoisotopic (exact) mass is 204 g/mol. The average Bonchev–Trinajstić information content (AvgIpc) is 2.98. The second-order valence-corrected chi connectivity index (χ2v) is 4.06. The highest BCUT2D eigenvalue weighted by molar-refractivity contribution is 5.96. The Labute approximate surface area is 89.7 Å². The van der Waals surface area contributed by atoms with Crippen molar-refractivity contribution in [3.8, 4) is 0 Å². The number of carbonyl (C=O) groups excluding carboxylic acids is 1. The summed E-state index contributed by atoms with van der Waals surface area (Å²) in [6.07, 6.45) is 1.95. The van der Waals surface area contributed by atoms with Crippen LogP contribution in [0.3, 0.4) is 0 Å². The first-order valence-corrected chi connectivity index (χ1v) is 5.34. The zero-order chi connectivity index (χ0) is 10.9. The van der Waals surface area contributed by atoms with Crippen LogP contribution in [0.4, 0.5) is 0 Å². The molecule has 0 aromatic heterocycles. The highest BCUT2D eigenvalue weighted by Gasteiger charge is 2.42. The molecule has 1 aromatic carbocycles. The minimum absolute atomic E-state index is 0.0233. The molecule has 80 valence electrons. The predicted octanol–water partition coefficient (Wildman–Crippen LogP) is 1.38. The molecule has 3 nitrogen and oxygen atoms in total. The summed E-state index contributed by atoms with van der Waals surface area (Å²) in [7, 11) is 0. The van der Waals surface area contributed by atoms with Gasteiger partial charge in [0, 0.05) is 17.6 Å². The van der Waals surface area contributed by atoms with Gasteiger partial charge in [0.15, 0.2) is 0 Å². The third kappa shape index (κ3) is 1.88. The smallest absolute Gasteiger partial charge is 0.251 e. The van der Waals surface area contributed by atoms with Crippen LogP contribution >= 0.6 is 0 Å². The second kappa shape index (κ2) is 3.66. The molecule has 0 atom stereocenters. The molecule has 3 N–H and O–H groups in total. The van der Waals surface area contributed by atoms with E-state index in [9.17, 15) is 4.79 Å². The lowest BCUT2D eigenvalue weighted by molar-refractivity contribution is 0.0954. The van der Waals surface area contributed by atoms with Crippen molar-refractivity contribution in [3.05, 3.63) is 35.4 Å². The number of benzene rings is 1. The molecule has 1 fully saturated rings. The van der Waals surface area contributed by atoms with Crippen molar-refractivity contribution in [1.29, 1.82) is 0 Å². The summed E-state index contributed by atoms with van der Waals surface area (Å²) >= 11 is 0. The van der Waals surface area contributed by atoms with Gasteiger partial charge in [0.25, 0.3) is 5.91 Å². The Morgan fingerprint density at radius 1 is 1.47 bits per heavy atom. The van der Waals surface area contributed by atoms with Gasteiger partial charge in [-0.1, -0.05) is 18.2 Å². The molecule has 1 aliphatic carbocycles. The van der Waals surface area contributed by atoms with Crippen LogP contribution in [-0.4, -0.2) is 12.5 Å². The molecule has 0 radical (unpaired) electrons. The summed E-state index contributed by atoms with van der Waals surface area (Å²) in [6.45, 7) is 2.56. The van der Waals surface area contributed by atoms with Gasteiger partial charge in [-0.25, -0.2) is 0 Å². The molecule has 1 saturated carbocycles. The quantitative estimate of drug-likeness (QED) is 0.781. The van der Waals surface area contributed by atoms with Gasteiger partial charge in [-0.3, -0.25) is 4.79 Å². The molecule has 0 heterocycles. The van der Waals surface area contributed by atoms with E-state index in [1.54, 1.807) is 0 Å². The van der Waals surface area contributed by atoms with Gasteiger partial charge < -0.3 is 11.1 Å². The molecule has 3 heteroatoms. The van der Waals surface area contributed by atoms with E-state index in [4.69, 9.17) is 5.73 Å². The summed E-state index contributed by atoms with van der Waals surface area (Å²) in [5.74, 6) is -0.0233. The summed E-state index contributed by atoms with van der Waals surface area (Å²) in [6, 6.07) is 7.61. The van der Waals surface area contributed by atoms with E-state index in [2.05, 4.69) is 5.32 Å². The van der Waals surface area contributed by atoms with Crippen molar-refractivity contribution in [2.75, 3.05) is 6.54 Å². The van der Waals surface area contributed by atoms with E-state index in [0.717, 1.165) is 24.0 Å². The number of carbonyl (C=O) groups is 1. The predicted molar refractivity (Wildman–Crippen MR) is 59.5 cm³/mol. The number of hydrogen-bond donors (Lipinski definition) is 2. The van der Waals surface area contributed by atoms with Gasteiger partial charge >= 0.3 is 0 Å². The van der Waals surface area contributed by atoms with Crippen molar-refractivity contribution in [1.82, 2.24) is 5.32 Å². The molecule has 0 spiro atoms. The molecule has 1 aliphatic rings. The summed E-state index contributed by atoms with van der Waals surface area (Å²) in [5, 5.41) is 2.81. The SMILES string of the molecule is CCNC(=O)c1ccccc1C1(N)CC1. The van der Waals surface area contributed by atoms with Gasteiger partial charge in [0.1, 0.15) is 0 Å². The van der Waals surface area contributed by atoms with Gasteiger partial charge in [0.05, 0.1) is 0 Å². The Kier molecular flexibility index (Phi) is 2.49. The Morgan fingerprint density at radius 3 is 2.73 bits per heavy atom. The molecule has 15 heavy (non-hydrogen) atoms. The number of rotatable bonds is 3. The summed E-state index contributed by atoms with van der Waals surface area (Å²) in [5.41, 5.74) is 7.58. The third-order valence-electron chi connectivity index (χ3n) is 2.83. The van der Waals surface area contributed by atoms with Gasteiger partial charge in [0.2, 0.25) is 0 Å². The van der Waals surface area contributed by atoms with Crippen LogP contribution in [0.2, 0.25) is 0 Å². The maximum atomic E-state index is 11.8. The highest BCUT2D eigenvalue weighted by Crippen LogP contribution is 2.43. The van der Waals surface area contributed by atoms with Crippen LogP contribution in [0.1, 0.15) is 35.7 Å². The maximum Gasteiger partial charge on any atom is 0.251 e. The highest BCUT2D eigenvalue weighted by atomic mass is 16.1. The normalized spacial score (nSPS) is 17.2. The third-order valence-corrected chi connectivity index (χ3v) is 2.83. The fourth-order valence-electron chi connectivity index (χ4n) is 1.78. The van der Waals surface area contributed by atoms with Crippen LogP contribution in [-0.2, 0) is 5.54 Å². The fraction of sp³-hybridized carbons (Fsp3) is 0.417. The van der Waals surface area contributed by atoms with Crippen molar-refractivity contribution >= 4 is 5.91 Å². The minimum atomic E-state index is -0.248. The molecule has 0 aliphatic heterocycles. The van der Waals surface area contributed by atoms with Gasteiger partial charge in [-0.15, -0.1) is 0 Å². The Bertz CT molecular complexity index is 383. The van der Waals surface area contributed by atoms with Crippen molar-refractivity contribution in [3.63, 3.8) is 0 Å². The summed E-state index contributed by atoms with van der Waals surface area (Å²) < 4.78 is 0. The average molecular weight is 204 g/mol. The van der Waals surface area contributed by atoms with Crippen molar-refractivity contribution < 1.29 is 4.79 Å². The molecule has 0 saturated heterocycles. The Balaban J connectivity index is 2.34. The van der Waals surface area contributed by atoms with Crippen LogP contribution in [0.15, 0.2) is 24.3 Å². The van der Waals surface area contributed by atoms with Crippen LogP contribution in [0.25, 0.3) is 0 Å². The minimum Gasteiger partial charge on any atom is -0.352 e. The number of amides is 1. The first kappa shape index (κ1) is 10.2. The van der Waals surface area contributed by atoms with Crippen molar-refractivity contribution in [2.24, 2.45) is 5.73 Å². The van der Waals surface area contributed by atoms with Crippen LogP contribution < -0.4 is 11.1 Å². The number of nitrogens with one attached hydrogen (secondary N) is 1. The largest absolute Gasteiger partial charge is 0.352 e. The maximum absolute atomic E-state index is 11.8. The van der Waals surface area contributed by atoms with E-state index < -0.39 is 0 Å². The van der Waals surface area contributed by atoms with E-state index in [1.165, 1.54) is 0 Å². The molecule has 0 unspecified atom stereocenters. The Hall–Kier alpha value is -1.35. The molecule has 1 amide bonds. The van der Waals surface area contributed by atoms with E-state index in [1.807, 2.05) is 31.2 Å². The standard InChI is InChI=1S/C12H16N2O/c1-2-14-11(15)9-5-3-4-6-10(9)12(13)7-8-12/h3-6H,2,7-8,13H2,1H3,(H,14,15). The molecule has 0 bridgehead atoms. The van der Waals surface area contributed by atoms with Crippen LogP contribution in [0.5, 0.6) is 0 Å². The first-order chi connectivity index (χ1) is 7.17. The zero-order valence-corrected chi connectivity index (χ0v) is 8.92. The summed E-state index contributed by atoms with van der Waals surface area (Å²) in [4.78, 5) is 11.8. The zero-order valence-electron chi connectivity index (χ0n) is 8.92. The molecular formula is C12H16N2O. The topological polar surface area (TPSA) is 55.1 Å². The number of hydrogen-bond acceptors (Lipinski definition) is 2. The lowest BCUT2D eigenvalue weighted by Gasteiger charge is -2.14. The van der Waals surface area contributed by atoms with Gasteiger partial charge in [-0.2, -0.15) is 0 Å². The van der Waals surface area contributed by atoms with Gasteiger partial charge in [-0.05, 0) is 31.4 Å².